The number of aliphatic imine (C=N–C) groups is 1. The number of hydrogen-bond acceptors (Lipinski definition) is 4. The highest BCUT2D eigenvalue weighted by molar-refractivity contribution is 7.11. The van der Waals surface area contributed by atoms with Crippen LogP contribution in [-0.2, 0) is 13.0 Å². The van der Waals surface area contributed by atoms with Crippen molar-refractivity contribution < 1.29 is 4.79 Å². The molecule has 0 aliphatic carbocycles. The second-order valence-corrected chi connectivity index (χ2v) is 9.31. The fourth-order valence-corrected chi connectivity index (χ4v) is 3.60. The van der Waals surface area contributed by atoms with E-state index in [0.29, 0.717) is 12.1 Å². The number of nitrogens with zero attached hydrogens (tertiary/aromatic N) is 2. The normalized spacial score (nSPS) is 12.0. The largest absolute Gasteiger partial charge is 0.357 e. The van der Waals surface area contributed by atoms with Gasteiger partial charge in [0.2, 0.25) is 0 Å². The van der Waals surface area contributed by atoms with Gasteiger partial charge < -0.3 is 16.0 Å². The average molecular weight is 416 g/mol. The van der Waals surface area contributed by atoms with E-state index in [1.165, 1.54) is 4.88 Å². The second kappa shape index (κ2) is 10.4. The molecular weight excluding hydrogens is 382 g/mol. The van der Waals surface area contributed by atoms with Gasteiger partial charge in [-0.05, 0) is 59.2 Å². The molecule has 0 aliphatic heterocycles. The van der Waals surface area contributed by atoms with Gasteiger partial charge in [0.1, 0.15) is 0 Å². The van der Waals surface area contributed by atoms with Crippen molar-refractivity contribution in [2.24, 2.45) is 4.99 Å². The summed E-state index contributed by atoms with van der Waals surface area (Å²) >= 11 is 1.75. The third-order valence-corrected chi connectivity index (χ3v) is 5.28. The molecule has 158 valence electrons. The van der Waals surface area contributed by atoms with E-state index in [2.05, 4.69) is 32.9 Å². The number of carbonyl (C=O) groups is 1. The number of aryl methyl sites for hydroxylation is 2. The predicted octanol–water partition coefficient (Wildman–Crippen LogP) is 3.59. The first kappa shape index (κ1) is 22.9. The number of benzene rings is 1. The molecule has 2 rings (SSSR count). The van der Waals surface area contributed by atoms with E-state index >= 15 is 0 Å². The molecule has 2 aromatic rings. The van der Waals surface area contributed by atoms with E-state index in [1.54, 1.807) is 11.3 Å². The molecule has 0 radical (unpaired) electrons. The first-order valence-electron chi connectivity index (χ1n) is 10.0. The lowest BCUT2D eigenvalue weighted by molar-refractivity contribution is 0.0919. The Morgan fingerprint density at radius 3 is 2.59 bits per heavy atom. The first-order chi connectivity index (χ1) is 13.7. The quantitative estimate of drug-likeness (QED) is 0.477. The minimum atomic E-state index is -0.262. The number of rotatable bonds is 7. The van der Waals surface area contributed by atoms with Gasteiger partial charge in [-0.2, -0.15) is 0 Å². The van der Waals surface area contributed by atoms with Crippen molar-refractivity contribution in [1.82, 2.24) is 20.9 Å². The van der Waals surface area contributed by atoms with Crippen molar-refractivity contribution in [3.63, 3.8) is 0 Å². The number of aromatic nitrogens is 1. The summed E-state index contributed by atoms with van der Waals surface area (Å²) in [7, 11) is 0. The summed E-state index contributed by atoms with van der Waals surface area (Å²) in [6.07, 6.45) is 0.867. The van der Waals surface area contributed by atoms with Crippen LogP contribution in [0.2, 0.25) is 0 Å². The van der Waals surface area contributed by atoms with Gasteiger partial charge in [-0.1, -0.05) is 12.1 Å². The van der Waals surface area contributed by atoms with Gasteiger partial charge in [-0.15, -0.1) is 11.3 Å². The van der Waals surface area contributed by atoms with Crippen LogP contribution in [-0.4, -0.2) is 35.5 Å². The van der Waals surface area contributed by atoms with Crippen molar-refractivity contribution in [3.05, 3.63) is 51.0 Å². The summed E-state index contributed by atoms with van der Waals surface area (Å²) in [5.41, 5.74) is 2.50. The van der Waals surface area contributed by atoms with Crippen LogP contribution in [0.15, 0.2) is 29.3 Å². The number of amides is 1. The van der Waals surface area contributed by atoms with Gasteiger partial charge in [0.05, 0.1) is 17.2 Å². The number of thiazole rings is 1. The van der Waals surface area contributed by atoms with Crippen LogP contribution in [0, 0.1) is 13.8 Å². The third-order valence-electron chi connectivity index (χ3n) is 4.15. The smallest absolute Gasteiger partial charge is 0.251 e. The van der Waals surface area contributed by atoms with Crippen molar-refractivity contribution in [3.8, 4) is 0 Å². The molecule has 6 nitrogen and oxygen atoms in total. The standard InChI is InChI=1S/C22H33N5OS/c1-7-23-21(24-12-11-19-26-15(2)16(3)29-19)25-14-17-9-8-10-18(13-17)20(28)27-22(4,5)6/h8-10,13H,7,11-12,14H2,1-6H3,(H,27,28)(H2,23,24,25). The minimum Gasteiger partial charge on any atom is -0.357 e. The maximum Gasteiger partial charge on any atom is 0.251 e. The summed E-state index contributed by atoms with van der Waals surface area (Å²) in [4.78, 5) is 22.9. The Hall–Kier alpha value is -2.41. The molecule has 1 aromatic heterocycles. The highest BCUT2D eigenvalue weighted by Crippen LogP contribution is 2.16. The van der Waals surface area contributed by atoms with Gasteiger partial charge in [-0.25, -0.2) is 9.98 Å². The van der Waals surface area contributed by atoms with E-state index < -0.39 is 0 Å². The Balaban J connectivity index is 1.96. The van der Waals surface area contributed by atoms with Crippen LogP contribution in [0.5, 0.6) is 0 Å². The van der Waals surface area contributed by atoms with Crippen LogP contribution < -0.4 is 16.0 Å². The second-order valence-electron chi connectivity index (χ2n) is 8.03. The Morgan fingerprint density at radius 1 is 1.21 bits per heavy atom. The highest BCUT2D eigenvalue weighted by atomic mass is 32.1. The van der Waals surface area contributed by atoms with Crippen LogP contribution >= 0.6 is 11.3 Å². The van der Waals surface area contributed by atoms with E-state index in [1.807, 2.05) is 58.9 Å². The maximum absolute atomic E-state index is 12.4. The van der Waals surface area contributed by atoms with Crippen LogP contribution in [0.25, 0.3) is 0 Å². The summed E-state index contributed by atoms with van der Waals surface area (Å²) in [5.74, 6) is 0.699. The molecule has 29 heavy (non-hydrogen) atoms. The van der Waals surface area contributed by atoms with Gasteiger partial charge in [0.15, 0.2) is 5.96 Å². The molecule has 1 amide bonds. The Labute approximate surface area is 178 Å². The van der Waals surface area contributed by atoms with Crippen LogP contribution in [0.4, 0.5) is 0 Å². The molecule has 1 aromatic carbocycles. The summed E-state index contributed by atoms with van der Waals surface area (Å²) in [6, 6.07) is 7.61. The molecule has 1 heterocycles. The maximum atomic E-state index is 12.4. The Kier molecular flexibility index (Phi) is 8.20. The number of nitrogens with one attached hydrogen (secondary N) is 3. The van der Waals surface area contributed by atoms with Gasteiger partial charge in [-0.3, -0.25) is 4.79 Å². The fourth-order valence-electron chi connectivity index (χ4n) is 2.67. The average Bonchev–Trinajstić information content (AvgIpc) is 2.96. The zero-order valence-electron chi connectivity index (χ0n) is 18.3. The Morgan fingerprint density at radius 2 is 1.97 bits per heavy atom. The van der Waals surface area contributed by atoms with Crippen molar-refractivity contribution in [2.75, 3.05) is 13.1 Å². The molecule has 3 N–H and O–H groups in total. The van der Waals surface area contributed by atoms with Crippen molar-refractivity contribution in [2.45, 2.75) is 60.0 Å². The SMILES string of the molecule is CCNC(=NCc1cccc(C(=O)NC(C)(C)C)c1)NCCc1nc(C)c(C)s1. The monoisotopic (exact) mass is 415 g/mol. The summed E-state index contributed by atoms with van der Waals surface area (Å²) < 4.78 is 0. The molecule has 0 unspecified atom stereocenters. The molecule has 0 bridgehead atoms. The van der Waals surface area contributed by atoms with Crippen LogP contribution in [0.3, 0.4) is 0 Å². The van der Waals surface area contributed by atoms with Crippen LogP contribution in [0.1, 0.15) is 59.2 Å². The molecule has 0 saturated carbocycles. The third kappa shape index (κ3) is 7.85. The lowest BCUT2D eigenvalue weighted by Gasteiger charge is -2.20. The number of carbonyl (C=O) groups excluding carboxylic acids is 1. The zero-order valence-corrected chi connectivity index (χ0v) is 19.2. The first-order valence-corrected chi connectivity index (χ1v) is 10.9. The predicted molar refractivity (Wildman–Crippen MR) is 122 cm³/mol. The number of hydrogen-bond donors (Lipinski definition) is 3. The molecular formula is C22H33N5OS. The van der Waals surface area contributed by atoms with Crippen molar-refractivity contribution in [1.29, 1.82) is 0 Å². The zero-order chi connectivity index (χ0) is 21.4. The summed E-state index contributed by atoms with van der Waals surface area (Å²) in [6.45, 7) is 14.2. The summed E-state index contributed by atoms with van der Waals surface area (Å²) in [5, 5.41) is 10.8. The van der Waals surface area contributed by atoms with Gasteiger partial charge >= 0.3 is 0 Å². The fraction of sp³-hybridized carbons (Fsp3) is 0.500. The molecule has 0 atom stereocenters. The van der Waals surface area contributed by atoms with Gasteiger partial charge in [0, 0.05) is 35.5 Å². The molecule has 0 fully saturated rings. The molecule has 0 saturated heterocycles. The van der Waals surface area contributed by atoms with E-state index in [0.717, 1.165) is 41.7 Å². The number of guanidine groups is 1. The topological polar surface area (TPSA) is 78.4 Å². The minimum absolute atomic E-state index is 0.0672. The molecule has 7 heteroatoms. The highest BCUT2D eigenvalue weighted by Gasteiger charge is 2.15. The van der Waals surface area contributed by atoms with E-state index in [9.17, 15) is 4.79 Å². The van der Waals surface area contributed by atoms with Crippen molar-refractivity contribution >= 4 is 23.2 Å². The van der Waals surface area contributed by atoms with E-state index in [4.69, 9.17) is 0 Å². The van der Waals surface area contributed by atoms with Gasteiger partial charge in [0.25, 0.3) is 5.91 Å². The Bertz CT molecular complexity index is 832. The molecule has 0 spiro atoms. The lowest BCUT2D eigenvalue weighted by Crippen LogP contribution is -2.40. The molecule has 0 aliphatic rings. The lowest BCUT2D eigenvalue weighted by atomic mass is 10.1. The van der Waals surface area contributed by atoms with E-state index in [-0.39, 0.29) is 11.4 Å².